The Morgan fingerprint density at radius 1 is 1.78 bits per heavy atom. The highest BCUT2D eigenvalue weighted by atomic mass is 16.1. The molecule has 1 saturated heterocycles. The van der Waals surface area contributed by atoms with Crippen molar-refractivity contribution in [2.24, 2.45) is 0 Å². The summed E-state index contributed by atoms with van der Waals surface area (Å²) in [6.45, 7) is 1.95. The molecule has 0 aliphatic carbocycles. The van der Waals surface area contributed by atoms with Crippen LogP contribution in [0.25, 0.3) is 0 Å². The molecule has 9 heavy (non-hydrogen) atoms. The molecule has 0 aromatic heterocycles. The molecule has 52 valence electrons. The molecule has 1 heterocycles. The van der Waals surface area contributed by atoms with Crippen LogP contribution in [0.1, 0.15) is 12.8 Å². The van der Waals surface area contributed by atoms with Crippen LogP contribution in [0.15, 0.2) is 0 Å². The summed E-state index contributed by atoms with van der Waals surface area (Å²) in [6.07, 6.45) is 3.08. The first-order chi connectivity index (χ1) is 4.43. The van der Waals surface area contributed by atoms with E-state index < -0.39 is 0 Å². The number of rotatable bonds is 4. The van der Waals surface area contributed by atoms with Gasteiger partial charge in [0.25, 0.3) is 0 Å². The van der Waals surface area contributed by atoms with Gasteiger partial charge in [0.05, 0.1) is 0 Å². The Morgan fingerprint density at radius 2 is 2.56 bits per heavy atom. The topological polar surface area (TPSA) is 41.1 Å². The van der Waals surface area contributed by atoms with Gasteiger partial charge in [-0.05, 0) is 19.4 Å². The van der Waals surface area contributed by atoms with E-state index in [-0.39, 0.29) is 0 Å². The summed E-state index contributed by atoms with van der Waals surface area (Å²) in [5.41, 5.74) is 0. The highest BCUT2D eigenvalue weighted by Crippen LogP contribution is 2.04. The highest BCUT2D eigenvalue weighted by molar-refractivity contribution is 5.45. The van der Waals surface area contributed by atoms with E-state index in [2.05, 4.69) is 10.6 Å². The summed E-state index contributed by atoms with van der Waals surface area (Å²) in [4.78, 5) is 9.76. The number of nitrogens with one attached hydrogen (secondary N) is 2. The lowest BCUT2D eigenvalue weighted by molar-refractivity contribution is -0.109. The normalized spacial score (nSPS) is 24.7. The second-order valence-corrected chi connectivity index (χ2v) is 2.30. The van der Waals surface area contributed by atoms with Crippen molar-refractivity contribution in [3.05, 3.63) is 0 Å². The summed E-state index contributed by atoms with van der Waals surface area (Å²) < 4.78 is 0. The van der Waals surface area contributed by atoms with E-state index in [1.165, 1.54) is 6.42 Å². The van der Waals surface area contributed by atoms with Crippen LogP contribution < -0.4 is 10.6 Å². The molecule has 1 rings (SSSR count). The Labute approximate surface area is 54.8 Å². The maximum Gasteiger partial charge on any atom is 0.207 e. The molecule has 1 unspecified atom stereocenters. The van der Waals surface area contributed by atoms with Crippen LogP contribution in [-0.2, 0) is 4.79 Å². The molecule has 1 fully saturated rings. The molecule has 0 spiro atoms. The van der Waals surface area contributed by atoms with Gasteiger partial charge in [0.1, 0.15) is 0 Å². The molecule has 1 aliphatic heterocycles. The zero-order valence-electron chi connectivity index (χ0n) is 5.39. The highest BCUT2D eigenvalue weighted by Gasteiger charge is 2.14. The maximum atomic E-state index is 9.76. The van der Waals surface area contributed by atoms with Crippen LogP contribution in [0.5, 0.6) is 0 Å². The lowest BCUT2D eigenvalue weighted by Gasteiger charge is -2.27. The van der Waals surface area contributed by atoms with E-state index in [0.29, 0.717) is 6.04 Å². The van der Waals surface area contributed by atoms with Crippen LogP contribution in [-0.4, -0.2) is 25.5 Å². The smallest absolute Gasteiger partial charge is 0.207 e. The minimum atomic E-state index is 0.664. The van der Waals surface area contributed by atoms with Crippen molar-refractivity contribution in [1.82, 2.24) is 10.6 Å². The SMILES string of the molecule is O=CNCCC1CCN1. The second-order valence-electron chi connectivity index (χ2n) is 2.30. The average Bonchev–Trinajstić information content (AvgIpc) is 1.76. The maximum absolute atomic E-state index is 9.76. The van der Waals surface area contributed by atoms with Crippen LogP contribution in [0, 0.1) is 0 Å². The van der Waals surface area contributed by atoms with Gasteiger partial charge >= 0.3 is 0 Å². The van der Waals surface area contributed by atoms with Crippen molar-refractivity contribution in [3.63, 3.8) is 0 Å². The van der Waals surface area contributed by atoms with Gasteiger partial charge in [-0.15, -0.1) is 0 Å². The van der Waals surface area contributed by atoms with Crippen LogP contribution in [0.4, 0.5) is 0 Å². The fraction of sp³-hybridized carbons (Fsp3) is 0.833. The third kappa shape index (κ3) is 2.01. The third-order valence-electron chi connectivity index (χ3n) is 1.65. The van der Waals surface area contributed by atoms with E-state index in [1.54, 1.807) is 0 Å². The molecule has 0 aromatic rings. The van der Waals surface area contributed by atoms with Crippen molar-refractivity contribution < 1.29 is 4.79 Å². The van der Waals surface area contributed by atoms with Crippen molar-refractivity contribution >= 4 is 6.41 Å². The molecule has 1 amide bonds. The molecule has 0 saturated carbocycles. The van der Waals surface area contributed by atoms with E-state index in [9.17, 15) is 4.79 Å². The summed E-state index contributed by atoms with van der Waals surface area (Å²) in [7, 11) is 0. The second kappa shape index (κ2) is 3.45. The first kappa shape index (κ1) is 6.55. The molecule has 3 nitrogen and oxygen atoms in total. The van der Waals surface area contributed by atoms with E-state index in [4.69, 9.17) is 0 Å². The Kier molecular flexibility index (Phi) is 2.51. The van der Waals surface area contributed by atoms with Crippen LogP contribution in [0.3, 0.4) is 0 Å². The predicted molar refractivity (Wildman–Crippen MR) is 35.1 cm³/mol. The molecular formula is C6H12N2O. The van der Waals surface area contributed by atoms with Gasteiger partial charge in [0.15, 0.2) is 0 Å². The molecule has 0 aromatic carbocycles. The van der Waals surface area contributed by atoms with E-state index in [1.807, 2.05) is 0 Å². The Morgan fingerprint density at radius 3 is 3.00 bits per heavy atom. The average molecular weight is 128 g/mol. The van der Waals surface area contributed by atoms with Gasteiger partial charge in [-0.25, -0.2) is 0 Å². The first-order valence-electron chi connectivity index (χ1n) is 3.34. The number of hydrogen-bond donors (Lipinski definition) is 2. The number of amides is 1. The monoisotopic (exact) mass is 128 g/mol. The largest absolute Gasteiger partial charge is 0.359 e. The molecule has 2 N–H and O–H groups in total. The Balaban J connectivity index is 1.85. The van der Waals surface area contributed by atoms with Crippen molar-refractivity contribution in [3.8, 4) is 0 Å². The van der Waals surface area contributed by atoms with Gasteiger partial charge in [-0.1, -0.05) is 0 Å². The fourth-order valence-electron chi connectivity index (χ4n) is 0.911. The minimum Gasteiger partial charge on any atom is -0.359 e. The zero-order valence-corrected chi connectivity index (χ0v) is 5.39. The standard InChI is InChI=1S/C6H12N2O/c9-5-7-3-1-6-2-4-8-6/h5-6,8H,1-4H2,(H,7,9). The van der Waals surface area contributed by atoms with Gasteiger partial charge in [0, 0.05) is 12.6 Å². The van der Waals surface area contributed by atoms with Gasteiger partial charge in [0.2, 0.25) is 6.41 Å². The van der Waals surface area contributed by atoms with E-state index in [0.717, 1.165) is 25.9 Å². The first-order valence-corrected chi connectivity index (χ1v) is 3.34. The van der Waals surface area contributed by atoms with Crippen molar-refractivity contribution in [2.45, 2.75) is 18.9 Å². The van der Waals surface area contributed by atoms with Gasteiger partial charge in [-0.2, -0.15) is 0 Å². The van der Waals surface area contributed by atoms with Crippen molar-refractivity contribution in [1.29, 1.82) is 0 Å². The van der Waals surface area contributed by atoms with E-state index >= 15 is 0 Å². The summed E-state index contributed by atoms with van der Waals surface area (Å²) in [5.74, 6) is 0. The predicted octanol–water partition coefficient (Wildman–Crippen LogP) is -0.516. The van der Waals surface area contributed by atoms with Gasteiger partial charge < -0.3 is 10.6 Å². The lowest BCUT2D eigenvalue weighted by Crippen LogP contribution is -2.44. The molecule has 3 heteroatoms. The Hall–Kier alpha value is -0.570. The molecule has 0 radical (unpaired) electrons. The summed E-state index contributed by atoms with van der Waals surface area (Å²) in [5, 5.41) is 5.88. The third-order valence-corrected chi connectivity index (χ3v) is 1.65. The fourth-order valence-corrected chi connectivity index (χ4v) is 0.911. The quantitative estimate of drug-likeness (QED) is 0.395. The van der Waals surface area contributed by atoms with Crippen molar-refractivity contribution in [2.75, 3.05) is 13.1 Å². The summed E-state index contributed by atoms with van der Waals surface area (Å²) >= 11 is 0. The van der Waals surface area contributed by atoms with Crippen LogP contribution >= 0.6 is 0 Å². The minimum absolute atomic E-state index is 0.664. The van der Waals surface area contributed by atoms with Gasteiger partial charge in [-0.3, -0.25) is 4.79 Å². The number of hydrogen-bond acceptors (Lipinski definition) is 2. The number of carbonyl (C=O) groups is 1. The lowest BCUT2D eigenvalue weighted by atomic mass is 10.0. The zero-order chi connectivity index (χ0) is 6.53. The summed E-state index contributed by atoms with van der Waals surface area (Å²) in [6, 6.07) is 0.664. The van der Waals surface area contributed by atoms with Crippen LogP contribution in [0.2, 0.25) is 0 Å². The molecule has 0 bridgehead atoms. The Bertz CT molecular complexity index is 91.1. The molecular weight excluding hydrogens is 116 g/mol. The number of carbonyl (C=O) groups excluding carboxylic acids is 1. The molecule has 1 aliphatic rings. The molecule has 1 atom stereocenters.